The lowest BCUT2D eigenvalue weighted by atomic mass is 9.98. The van der Waals surface area contributed by atoms with Gasteiger partial charge >= 0.3 is 5.97 Å². The number of aromatic nitrogens is 2. The van der Waals surface area contributed by atoms with Crippen LogP contribution in [0.5, 0.6) is 0 Å². The van der Waals surface area contributed by atoms with Gasteiger partial charge < -0.3 is 4.74 Å². The minimum Gasteiger partial charge on any atom is -0.443 e. The monoisotopic (exact) mass is 380 g/mol. The van der Waals surface area contributed by atoms with Crippen LogP contribution in [0, 0.1) is 19.3 Å². The number of carbonyl (C=O) groups is 1. The number of esters is 1. The van der Waals surface area contributed by atoms with E-state index < -0.39 is 5.41 Å². The third-order valence-electron chi connectivity index (χ3n) is 3.77. The summed E-state index contributed by atoms with van der Waals surface area (Å²) in [4.78, 5) is 29.2. The molecular formula is C17H21BrN2O3. The van der Waals surface area contributed by atoms with Gasteiger partial charge in [0, 0.05) is 5.33 Å². The van der Waals surface area contributed by atoms with Crippen LogP contribution < -0.4 is 5.56 Å². The maximum atomic E-state index is 12.8. The molecule has 0 aliphatic rings. The molecule has 5 nitrogen and oxygen atoms in total. The SMILES string of the molecule is Cc1c(CBr)ccc2nc(C)n(COC(=O)C(C)(C)C)c(=O)c12. The number of aryl methyl sites for hydroxylation is 2. The van der Waals surface area contributed by atoms with Crippen molar-refractivity contribution < 1.29 is 9.53 Å². The second-order valence-corrected chi connectivity index (χ2v) is 7.14. The molecule has 23 heavy (non-hydrogen) atoms. The molecule has 0 bridgehead atoms. The first-order valence-corrected chi connectivity index (χ1v) is 8.51. The maximum absolute atomic E-state index is 12.8. The standard InChI is InChI=1S/C17H21BrN2O3/c1-10-12(8-18)6-7-13-14(10)15(21)20(11(2)19-13)9-23-16(22)17(3,4)5/h6-7H,8-9H2,1-5H3. The first kappa shape index (κ1) is 17.7. The lowest BCUT2D eigenvalue weighted by molar-refractivity contribution is -0.157. The molecule has 0 aliphatic heterocycles. The molecule has 1 aromatic carbocycles. The van der Waals surface area contributed by atoms with Crippen molar-refractivity contribution in [3.05, 3.63) is 39.4 Å². The van der Waals surface area contributed by atoms with E-state index in [1.165, 1.54) is 4.57 Å². The van der Waals surface area contributed by atoms with Crippen molar-refractivity contribution in [2.24, 2.45) is 5.41 Å². The molecule has 0 aliphatic carbocycles. The van der Waals surface area contributed by atoms with Crippen molar-refractivity contribution in [3.8, 4) is 0 Å². The normalized spacial score (nSPS) is 11.7. The zero-order valence-electron chi connectivity index (χ0n) is 14.1. The largest absolute Gasteiger partial charge is 0.443 e. The predicted octanol–water partition coefficient (Wildman–Crippen LogP) is 3.46. The Hall–Kier alpha value is -1.69. The Labute approximate surface area is 143 Å². The van der Waals surface area contributed by atoms with Crippen LogP contribution in [0.3, 0.4) is 0 Å². The number of hydrogen-bond acceptors (Lipinski definition) is 4. The Kier molecular flexibility index (Phi) is 4.94. The predicted molar refractivity (Wildman–Crippen MR) is 93.7 cm³/mol. The number of halogens is 1. The van der Waals surface area contributed by atoms with Crippen LogP contribution >= 0.6 is 15.9 Å². The molecule has 0 fully saturated rings. The van der Waals surface area contributed by atoms with Crippen LogP contribution in [-0.4, -0.2) is 15.5 Å². The van der Waals surface area contributed by atoms with Crippen LogP contribution in [0.1, 0.15) is 37.7 Å². The van der Waals surface area contributed by atoms with Crippen LogP contribution in [-0.2, 0) is 21.6 Å². The second kappa shape index (κ2) is 6.43. The van der Waals surface area contributed by atoms with E-state index in [0.29, 0.717) is 22.1 Å². The molecule has 2 aromatic rings. The van der Waals surface area contributed by atoms with Gasteiger partial charge in [-0.25, -0.2) is 4.98 Å². The molecule has 6 heteroatoms. The minimum absolute atomic E-state index is 0.123. The van der Waals surface area contributed by atoms with E-state index in [4.69, 9.17) is 4.74 Å². The zero-order valence-corrected chi connectivity index (χ0v) is 15.7. The van der Waals surface area contributed by atoms with E-state index >= 15 is 0 Å². The molecule has 0 N–H and O–H groups in total. The number of rotatable bonds is 3. The fourth-order valence-corrected chi connectivity index (χ4v) is 2.86. The average molecular weight is 381 g/mol. The highest BCUT2D eigenvalue weighted by Gasteiger charge is 2.23. The molecule has 0 unspecified atom stereocenters. The number of benzene rings is 1. The summed E-state index contributed by atoms with van der Waals surface area (Å²) in [6.45, 7) is 8.84. The summed E-state index contributed by atoms with van der Waals surface area (Å²) < 4.78 is 6.67. The van der Waals surface area contributed by atoms with Crippen LogP contribution in [0.4, 0.5) is 0 Å². The highest BCUT2D eigenvalue weighted by atomic mass is 79.9. The first-order valence-electron chi connectivity index (χ1n) is 7.39. The molecule has 0 saturated heterocycles. The van der Waals surface area contributed by atoms with Crippen molar-refractivity contribution in [2.45, 2.75) is 46.7 Å². The number of nitrogens with zero attached hydrogens (tertiary/aromatic N) is 2. The van der Waals surface area contributed by atoms with E-state index in [0.717, 1.165) is 11.1 Å². The molecule has 1 heterocycles. The molecule has 1 aromatic heterocycles. The third-order valence-corrected chi connectivity index (χ3v) is 4.37. The van der Waals surface area contributed by atoms with E-state index in [1.54, 1.807) is 27.7 Å². The molecular weight excluding hydrogens is 360 g/mol. The summed E-state index contributed by atoms with van der Waals surface area (Å²) in [6.07, 6.45) is 0. The van der Waals surface area contributed by atoms with Crippen LogP contribution in [0.25, 0.3) is 10.9 Å². The van der Waals surface area contributed by atoms with Crippen molar-refractivity contribution in [1.29, 1.82) is 0 Å². The van der Waals surface area contributed by atoms with E-state index in [1.807, 2.05) is 19.1 Å². The van der Waals surface area contributed by atoms with Gasteiger partial charge in [0.15, 0.2) is 6.73 Å². The Morgan fingerprint density at radius 1 is 1.30 bits per heavy atom. The van der Waals surface area contributed by atoms with Gasteiger partial charge in [0.2, 0.25) is 0 Å². The fraction of sp³-hybridized carbons (Fsp3) is 0.471. The zero-order chi connectivity index (χ0) is 17.4. The number of alkyl halides is 1. The topological polar surface area (TPSA) is 61.2 Å². The number of fused-ring (bicyclic) bond motifs is 1. The summed E-state index contributed by atoms with van der Waals surface area (Å²) >= 11 is 3.42. The molecule has 0 radical (unpaired) electrons. The minimum atomic E-state index is -0.610. The van der Waals surface area contributed by atoms with Gasteiger partial charge in [0.25, 0.3) is 5.56 Å². The molecule has 0 spiro atoms. The Bertz CT molecular complexity index is 819. The molecule has 0 saturated carbocycles. The Morgan fingerprint density at radius 2 is 1.96 bits per heavy atom. The number of ether oxygens (including phenoxy) is 1. The van der Waals surface area contributed by atoms with Crippen LogP contribution in [0.15, 0.2) is 16.9 Å². The highest BCUT2D eigenvalue weighted by molar-refractivity contribution is 9.08. The van der Waals surface area contributed by atoms with E-state index in [-0.39, 0.29) is 18.3 Å². The lowest BCUT2D eigenvalue weighted by Gasteiger charge is -2.18. The number of carbonyl (C=O) groups excluding carboxylic acids is 1. The molecule has 0 atom stereocenters. The second-order valence-electron chi connectivity index (χ2n) is 6.58. The molecule has 124 valence electrons. The van der Waals surface area contributed by atoms with Crippen molar-refractivity contribution >= 4 is 32.8 Å². The van der Waals surface area contributed by atoms with Crippen molar-refractivity contribution in [2.75, 3.05) is 0 Å². The van der Waals surface area contributed by atoms with Gasteiger partial charge in [-0.1, -0.05) is 22.0 Å². The summed E-state index contributed by atoms with van der Waals surface area (Å²) in [6, 6.07) is 3.81. The summed E-state index contributed by atoms with van der Waals surface area (Å²) in [5.74, 6) is 0.171. The van der Waals surface area contributed by atoms with E-state index in [9.17, 15) is 9.59 Å². The summed E-state index contributed by atoms with van der Waals surface area (Å²) in [5.41, 5.74) is 1.80. The molecule has 2 rings (SSSR count). The lowest BCUT2D eigenvalue weighted by Crippen LogP contribution is -2.30. The summed E-state index contributed by atoms with van der Waals surface area (Å²) in [5, 5.41) is 1.24. The smallest absolute Gasteiger partial charge is 0.312 e. The van der Waals surface area contributed by atoms with Gasteiger partial charge in [-0.2, -0.15) is 0 Å². The number of hydrogen-bond donors (Lipinski definition) is 0. The van der Waals surface area contributed by atoms with Crippen LogP contribution in [0.2, 0.25) is 0 Å². The Morgan fingerprint density at radius 3 is 2.52 bits per heavy atom. The van der Waals surface area contributed by atoms with Gasteiger partial charge in [-0.05, 0) is 51.8 Å². The quantitative estimate of drug-likeness (QED) is 0.604. The van der Waals surface area contributed by atoms with Crippen molar-refractivity contribution in [3.63, 3.8) is 0 Å². The van der Waals surface area contributed by atoms with Gasteiger partial charge in [0.1, 0.15) is 5.82 Å². The summed E-state index contributed by atoms with van der Waals surface area (Å²) in [7, 11) is 0. The maximum Gasteiger partial charge on any atom is 0.312 e. The fourth-order valence-electron chi connectivity index (χ4n) is 2.26. The molecule has 0 amide bonds. The highest BCUT2D eigenvalue weighted by Crippen LogP contribution is 2.20. The third kappa shape index (κ3) is 3.47. The first-order chi connectivity index (χ1) is 10.7. The van der Waals surface area contributed by atoms with Gasteiger partial charge in [-0.15, -0.1) is 0 Å². The van der Waals surface area contributed by atoms with Gasteiger partial charge in [0.05, 0.1) is 16.3 Å². The van der Waals surface area contributed by atoms with Gasteiger partial charge in [-0.3, -0.25) is 14.2 Å². The van der Waals surface area contributed by atoms with Crippen molar-refractivity contribution in [1.82, 2.24) is 9.55 Å². The Balaban J connectivity index is 2.51. The average Bonchev–Trinajstić information content (AvgIpc) is 2.45. The van der Waals surface area contributed by atoms with E-state index in [2.05, 4.69) is 20.9 Å².